The van der Waals surface area contributed by atoms with E-state index in [4.69, 9.17) is 4.98 Å². The normalized spacial score (nSPS) is 15.1. The zero-order chi connectivity index (χ0) is 28.3. The number of nitrogens with one attached hydrogen (secondary N) is 3. The molecule has 41 heavy (non-hydrogen) atoms. The van der Waals surface area contributed by atoms with E-state index in [1.807, 2.05) is 30.7 Å². The second kappa shape index (κ2) is 11.7. The molecule has 1 fully saturated rings. The number of aryl methyl sites for hydroxylation is 1. The summed E-state index contributed by atoms with van der Waals surface area (Å²) < 4.78 is 0. The van der Waals surface area contributed by atoms with Crippen LogP contribution in [-0.2, 0) is 0 Å². The van der Waals surface area contributed by atoms with Gasteiger partial charge in [-0.1, -0.05) is 51.3 Å². The quantitative estimate of drug-likeness (QED) is 0.190. The Morgan fingerprint density at radius 3 is 2.80 bits per heavy atom. The van der Waals surface area contributed by atoms with Gasteiger partial charge in [0.25, 0.3) is 0 Å². The third-order valence-corrected chi connectivity index (χ3v) is 8.78. The predicted molar refractivity (Wildman–Crippen MR) is 171 cm³/mol. The number of aromatic amines is 2. The second-order valence-electron chi connectivity index (χ2n) is 10.9. The number of H-pyrrole nitrogens is 2. The van der Waals surface area contributed by atoms with E-state index in [-0.39, 0.29) is 0 Å². The van der Waals surface area contributed by atoms with Gasteiger partial charge in [0.2, 0.25) is 0 Å². The molecule has 6 rings (SSSR count). The van der Waals surface area contributed by atoms with E-state index in [0.717, 1.165) is 67.0 Å². The molecule has 5 heterocycles. The van der Waals surface area contributed by atoms with Gasteiger partial charge in [-0.15, -0.1) is 11.3 Å². The summed E-state index contributed by atoms with van der Waals surface area (Å²) in [7, 11) is 0. The van der Waals surface area contributed by atoms with Gasteiger partial charge in [0.1, 0.15) is 16.9 Å². The van der Waals surface area contributed by atoms with E-state index < -0.39 is 0 Å². The van der Waals surface area contributed by atoms with Crippen molar-refractivity contribution in [3.05, 3.63) is 82.2 Å². The molecule has 0 radical (unpaired) electrons. The van der Waals surface area contributed by atoms with Crippen LogP contribution in [-0.4, -0.2) is 30.1 Å². The van der Waals surface area contributed by atoms with Gasteiger partial charge in [-0.2, -0.15) is 5.10 Å². The molecular weight excluding hydrogens is 526 g/mol. The molecule has 0 spiro atoms. The highest BCUT2D eigenvalue weighted by atomic mass is 32.1. The van der Waals surface area contributed by atoms with Crippen LogP contribution in [0.5, 0.6) is 0 Å². The van der Waals surface area contributed by atoms with Gasteiger partial charge < -0.3 is 10.3 Å². The molecule has 0 bridgehead atoms. The van der Waals surface area contributed by atoms with E-state index in [9.17, 15) is 0 Å². The average molecular weight is 562 g/mol. The maximum Gasteiger partial charge on any atom is 0.159 e. The lowest BCUT2D eigenvalue weighted by Crippen LogP contribution is -2.21. The van der Waals surface area contributed by atoms with Gasteiger partial charge >= 0.3 is 0 Å². The Labute approximate surface area is 243 Å². The summed E-state index contributed by atoms with van der Waals surface area (Å²) >= 11 is 1.71. The third kappa shape index (κ3) is 5.93. The molecule has 0 unspecified atom stereocenters. The molecule has 208 valence electrons. The van der Waals surface area contributed by atoms with Gasteiger partial charge in [0.05, 0.1) is 27.6 Å². The second-order valence-corrected chi connectivity index (χ2v) is 12.2. The summed E-state index contributed by atoms with van der Waals surface area (Å²) in [6.45, 7) is 12.7. The molecule has 0 saturated heterocycles. The third-order valence-electron chi connectivity index (χ3n) is 7.77. The van der Waals surface area contributed by atoms with Crippen molar-refractivity contribution in [2.75, 3.05) is 5.32 Å². The minimum Gasteiger partial charge on any atom is -0.358 e. The van der Waals surface area contributed by atoms with Crippen LogP contribution in [0.4, 0.5) is 5.69 Å². The minimum absolute atomic E-state index is 0.667. The van der Waals surface area contributed by atoms with E-state index in [1.54, 1.807) is 11.3 Å². The van der Waals surface area contributed by atoms with Crippen LogP contribution in [0.2, 0.25) is 0 Å². The van der Waals surface area contributed by atoms with Gasteiger partial charge in [0.15, 0.2) is 5.82 Å². The first-order valence-corrected chi connectivity index (χ1v) is 15.0. The maximum atomic E-state index is 4.87. The van der Waals surface area contributed by atoms with Crippen LogP contribution in [0.25, 0.3) is 51.4 Å². The molecule has 1 saturated carbocycles. The number of allylic oxidation sites excluding steroid dienone is 3. The largest absolute Gasteiger partial charge is 0.358 e. The fraction of sp³-hybridized carbons (Fsp3) is 0.273. The monoisotopic (exact) mass is 561 g/mol. The van der Waals surface area contributed by atoms with Crippen LogP contribution in [0, 0.1) is 12.8 Å². The molecule has 0 atom stereocenters. The maximum absolute atomic E-state index is 4.87. The Morgan fingerprint density at radius 2 is 2.00 bits per heavy atom. The number of aromatic nitrogens is 6. The average Bonchev–Trinajstić information content (AvgIpc) is 3.70. The summed E-state index contributed by atoms with van der Waals surface area (Å²) in [4.78, 5) is 19.7. The van der Waals surface area contributed by atoms with E-state index in [0.29, 0.717) is 11.5 Å². The number of fused-ring (bicyclic) bond motifs is 1. The fourth-order valence-electron chi connectivity index (χ4n) is 5.53. The molecule has 8 heteroatoms. The SMILES string of the molecule is C=C(CC1CCCCC1)Nc1cncc(/C(C)=C/C=c2/[nH]nc(-c3nc4c(-c5ccc(C)s5)nccc4[nH]3)c2=C)c1. The van der Waals surface area contributed by atoms with Gasteiger partial charge in [-0.25, -0.2) is 4.98 Å². The summed E-state index contributed by atoms with van der Waals surface area (Å²) in [6, 6.07) is 8.25. The lowest BCUT2D eigenvalue weighted by atomic mass is 9.86. The number of hydrogen-bond donors (Lipinski definition) is 3. The minimum atomic E-state index is 0.667. The molecule has 5 aromatic heterocycles. The number of thiophene rings is 1. The van der Waals surface area contributed by atoms with Crippen molar-refractivity contribution in [2.45, 2.75) is 52.4 Å². The van der Waals surface area contributed by atoms with Crippen LogP contribution in [0.1, 0.15) is 55.9 Å². The number of rotatable bonds is 8. The van der Waals surface area contributed by atoms with Crippen molar-refractivity contribution >= 4 is 46.3 Å². The molecule has 1 aliphatic carbocycles. The van der Waals surface area contributed by atoms with Gasteiger partial charge in [0, 0.05) is 28.2 Å². The highest BCUT2D eigenvalue weighted by Gasteiger charge is 2.16. The number of hydrogen-bond acceptors (Lipinski definition) is 6. The summed E-state index contributed by atoms with van der Waals surface area (Å²) in [6.07, 6.45) is 17.3. The molecule has 0 amide bonds. The Hall–Kier alpha value is -4.30. The van der Waals surface area contributed by atoms with Crippen molar-refractivity contribution in [1.29, 1.82) is 0 Å². The fourth-order valence-corrected chi connectivity index (χ4v) is 6.39. The van der Waals surface area contributed by atoms with Gasteiger partial charge in [-0.05, 0) is 67.7 Å². The highest BCUT2D eigenvalue weighted by Crippen LogP contribution is 2.32. The summed E-state index contributed by atoms with van der Waals surface area (Å²) in [5, 5.41) is 12.8. The van der Waals surface area contributed by atoms with Crippen molar-refractivity contribution in [2.24, 2.45) is 5.92 Å². The predicted octanol–water partition coefficient (Wildman–Crippen LogP) is 6.97. The first-order chi connectivity index (χ1) is 19.9. The molecule has 0 aromatic carbocycles. The van der Waals surface area contributed by atoms with Crippen molar-refractivity contribution in [3.63, 3.8) is 0 Å². The molecule has 7 nitrogen and oxygen atoms in total. The Balaban J connectivity index is 1.21. The zero-order valence-electron chi connectivity index (χ0n) is 23.6. The van der Waals surface area contributed by atoms with Crippen LogP contribution in [0.15, 0.2) is 61.2 Å². The smallest absolute Gasteiger partial charge is 0.159 e. The first kappa shape index (κ1) is 26.9. The molecule has 3 N–H and O–H groups in total. The van der Waals surface area contributed by atoms with Gasteiger partial charge in [-0.3, -0.25) is 15.1 Å². The van der Waals surface area contributed by atoms with E-state index in [2.05, 4.69) is 81.7 Å². The van der Waals surface area contributed by atoms with E-state index >= 15 is 0 Å². The zero-order valence-corrected chi connectivity index (χ0v) is 24.4. The summed E-state index contributed by atoms with van der Waals surface area (Å²) in [5.74, 6) is 1.41. The Bertz CT molecular complexity index is 1850. The van der Waals surface area contributed by atoms with Crippen LogP contribution < -0.4 is 15.9 Å². The van der Waals surface area contributed by atoms with Crippen LogP contribution in [0.3, 0.4) is 0 Å². The summed E-state index contributed by atoms with van der Waals surface area (Å²) in [5.41, 5.74) is 7.47. The lowest BCUT2D eigenvalue weighted by Gasteiger charge is -2.22. The first-order valence-electron chi connectivity index (χ1n) is 14.2. The number of pyridine rings is 2. The van der Waals surface area contributed by atoms with Crippen LogP contribution >= 0.6 is 11.3 Å². The Kier molecular flexibility index (Phi) is 7.65. The Morgan fingerprint density at radius 1 is 1.15 bits per heavy atom. The highest BCUT2D eigenvalue weighted by molar-refractivity contribution is 7.15. The lowest BCUT2D eigenvalue weighted by molar-refractivity contribution is 0.357. The molecular formula is C33H35N7S. The van der Waals surface area contributed by atoms with Crippen molar-refractivity contribution in [3.8, 4) is 22.1 Å². The number of anilines is 1. The topological polar surface area (TPSA) is 95.2 Å². The molecule has 0 aliphatic heterocycles. The van der Waals surface area contributed by atoms with E-state index in [1.165, 1.54) is 37.0 Å². The number of nitrogens with zero attached hydrogens (tertiary/aromatic N) is 4. The molecule has 1 aliphatic rings. The number of imidazole rings is 1. The van der Waals surface area contributed by atoms with Crippen molar-refractivity contribution < 1.29 is 0 Å². The standard InChI is InChI=1S/C33H35N7S/c1-20(25-17-26(19-34-18-25)36-21(2)16-24-8-6-5-7-9-24)10-12-27-23(4)30(40-39-27)33-37-28-14-15-35-32(31(28)38-33)29-13-11-22(3)41-29/h10-15,17-19,24,36,39H,2,4-9,16H2,1,3H3,(H,37,38)/b20-10+,27-12+. The molecule has 5 aromatic rings. The van der Waals surface area contributed by atoms with Crippen molar-refractivity contribution in [1.82, 2.24) is 30.1 Å².